The second-order valence-electron chi connectivity index (χ2n) is 7.62. The van der Waals surface area contributed by atoms with Crippen LogP contribution in [0.2, 0.25) is 0 Å². The molecular formula is C24H20N4O4S2. The number of para-hydroxylation sites is 2. The van der Waals surface area contributed by atoms with E-state index in [1.807, 2.05) is 43.3 Å². The lowest BCUT2D eigenvalue weighted by molar-refractivity contribution is 0.488. The zero-order valence-corrected chi connectivity index (χ0v) is 19.8. The van der Waals surface area contributed by atoms with Crippen LogP contribution < -0.4 is 9.74 Å². The summed E-state index contributed by atoms with van der Waals surface area (Å²) in [7, 11) is -3.78. The molecule has 5 aromatic rings. The summed E-state index contributed by atoms with van der Waals surface area (Å²) >= 11 is 1.24. The summed E-state index contributed by atoms with van der Waals surface area (Å²) < 4.78 is 33.2. The van der Waals surface area contributed by atoms with Gasteiger partial charge < -0.3 is 4.18 Å². The Morgan fingerprint density at radius 3 is 2.38 bits per heavy atom. The molecule has 0 atom stereocenters. The molecule has 0 saturated heterocycles. The fourth-order valence-corrected chi connectivity index (χ4v) is 5.83. The fraction of sp³-hybridized carbons (Fsp3) is 0.125. The molecule has 0 aliphatic carbocycles. The molecule has 10 heteroatoms. The highest BCUT2D eigenvalue weighted by atomic mass is 32.2. The number of thioether (sulfide) groups is 1. The van der Waals surface area contributed by atoms with E-state index in [0.717, 1.165) is 5.56 Å². The van der Waals surface area contributed by atoms with Gasteiger partial charge in [-0.15, -0.1) is 10.2 Å². The third kappa shape index (κ3) is 4.29. The Morgan fingerprint density at radius 1 is 0.912 bits per heavy atom. The van der Waals surface area contributed by atoms with E-state index in [9.17, 15) is 13.2 Å². The molecule has 0 amide bonds. The van der Waals surface area contributed by atoms with Crippen LogP contribution in [0.1, 0.15) is 5.56 Å². The monoisotopic (exact) mass is 492 g/mol. The highest BCUT2D eigenvalue weighted by Crippen LogP contribution is 2.24. The minimum atomic E-state index is -3.78. The smallest absolute Gasteiger partial charge is 0.310 e. The molecular weight excluding hydrogens is 472 g/mol. The minimum Gasteiger partial charge on any atom is -0.382 e. The van der Waals surface area contributed by atoms with Gasteiger partial charge in [0.15, 0.2) is 5.16 Å². The van der Waals surface area contributed by atoms with Gasteiger partial charge in [0.1, 0.15) is 5.75 Å². The standard InChI is InChI=1S/C24H20N4O4S2/c1-17-11-13-18(14-12-17)27-22(29)20-9-5-6-10-21(20)28-23(27)25-26-24(28)33-15-16-34(30,31)32-19-7-3-2-4-8-19/h2-14H,15-16H2,1H3. The number of aromatic nitrogens is 4. The van der Waals surface area contributed by atoms with Crippen LogP contribution in [0.5, 0.6) is 5.75 Å². The first kappa shape index (κ1) is 22.2. The molecule has 172 valence electrons. The van der Waals surface area contributed by atoms with E-state index >= 15 is 0 Å². The molecule has 0 aliphatic heterocycles. The second kappa shape index (κ2) is 8.96. The maximum atomic E-state index is 13.3. The van der Waals surface area contributed by atoms with Crippen LogP contribution in [0.3, 0.4) is 0 Å². The molecule has 2 heterocycles. The van der Waals surface area contributed by atoms with E-state index in [2.05, 4.69) is 10.2 Å². The summed E-state index contributed by atoms with van der Waals surface area (Å²) in [6, 6.07) is 23.2. The van der Waals surface area contributed by atoms with Gasteiger partial charge >= 0.3 is 10.1 Å². The van der Waals surface area contributed by atoms with Gasteiger partial charge in [-0.25, -0.2) is 4.57 Å². The number of benzene rings is 3. The highest BCUT2D eigenvalue weighted by molar-refractivity contribution is 8.00. The highest BCUT2D eigenvalue weighted by Gasteiger charge is 2.19. The van der Waals surface area contributed by atoms with Crippen molar-refractivity contribution in [3.8, 4) is 11.4 Å². The summed E-state index contributed by atoms with van der Waals surface area (Å²) in [5.74, 6) is 0.622. The lowest BCUT2D eigenvalue weighted by Crippen LogP contribution is -2.22. The third-order valence-electron chi connectivity index (χ3n) is 5.22. The predicted octanol–water partition coefficient (Wildman–Crippen LogP) is 3.84. The summed E-state index contributed by atoms with van der Waals surface area (Å²) in [5.41, 5.74) is 2.20. The molecule has 0 fully saturated rings. The van der Waals surface area contributed by atoms with Crippen LogP contribution >= 0.6 is 11.8 Å². The minimum absolute atomic E-state index is 0.199. The first-order chi connectivity index (χ1) is 16.4. The van der Waals surface area contributed by atoms with Crippen molar-refractivity contribution in [2.24, 2.45) is 0 Å². The lowest BCUT2D eigenvalue weighted by atomic mass is 10.2. The van der Waals surface area contributed by atoms with Gasteiger partial charge in [0.25, 0.3) is 5.56 Å². The Kier molecular flexibility index (Phi) is 5.84. The van der Waals surface area contributed by atoms with Gasteiger partial charge in [-0.2, -0.15) is 8.42 Å². The number of aryl methyl sites for hydroxylation is 1. The maximum absolute atomic E-state index is 13.3. The zero-order valence-electron chi connectivity index (χ0n) is 18.2. The van der Waals surface area contributed by atoms with Crippen molar-refractivity contribution >= 4 is 38.6 Å². The molecule has 3 aromatic carbocycles. The van der Waals surface area contributed by atoms with E-state index in [-0.39, 0.29) is 22.8 Å². The maximum Gasteiger partial charge on any atom is 0.310 e. The molecule has 0 spiro atoms. The van der Waals surface area contributed by atoms with Crippen LogP contribution in [0.4, 0.5) is 0 Å². The van der Waals surface area contributed by atoms with E-state index in [0.29, 0.717) is 27.5 Å². The molecule has 0 N–H and O–H groups in total. The zero-order chi connectivity index (χ0) is 23.7. The van der Waals surface area contributed by atoms with Gasteiger partial charge in [0.2, 0.25) is 5.78 Å². The first-order valence-electron chi connectivity index (χ1n) is 10.5. The Labute approximate surface area is 200 Å². The number of fused-ring (bicyclic) bond motifs is 3. The Balaban J connectivity index is 1.51. The van der Waals surface area contributed by atoms with Crippen molar-refractivity contribution in [1.82, 2.24) is 19.2 Å². The van der Waals surface area contributed by atoms with Crippen LogP contribution in [0.25, 0.3) is 22.4 Å². The average Bonchev–Trinajstić information content (AvgIpc) is 3.24. The molecule has 2 aromatic heterocycles. The molecule has 0 radical (unpaired) electrons. The predicted molar refractivity (Wildman–Crippen MR) is 132 cm³/mol. The Morgan fingerprint density at radius 2 is 1.62 bits per heavy atom. The number of rotatable bonds is 7. The van der Waals surface area contributed by atoms with Gasteiger partial charge in [0, 0.05) is 5.75 Å². The molecule has 0 saturated carbocycles. The van der Waals surface area contributed by atoms with Gasteiger partial charge in [0.05, 0.1) is 22.3 Å². The Hall–Kier alpha value is -3.63. The topological polar surface area (TPSA) is 95.6 Å². The van der Waals surface area contributed by atoms with E-state index in [1.165, 1.54) is 16.3 Å². The summed E-state index contributed by atoms with van der Waals surface area (Å²) in [6.07, 6.45) is 0. The molecule has 34 heavy (non-hydrogen) atoms. The summed E-state index contributed by atoms with van der Waals surface area (Å²) in [6.45, 7) is 1.98. The van der Waals surface area contributed by atoms with Crippen LogP contribution in [-0.4, -0.2) is 39.1 Å². The van der Waals surface area contributed by atoms with Gasteiger partial charge in [-0.1, -0.05) is 59.8 Å². The van der Waals surface area contributed by atoms with E-state index < -0.39 is 10.1 Å². The molecule has 0 unspecified atom stereocenters. The number of hydrogen-bond acceptors (Lipinski definition) is 7. The van der Waals surface area contributed by atoms with Crippen molar-refractivity contribution in [3.05, 3.63) is 94.8 Å². The fourth-order valence-electron chi connectivity index (χ4n) is 3.60. The van der Waals surface area contributed by atoms with Crippen LogP contribution in [0, 0.1) is 6.92 Å². The summed E-state index contributed by atoms with van der Waals surface area (Å²) in [4.78, 5) is 13.3. The van der Waals surface area contributed by atoms with Crippen LogP contribution in [-0.2, 0) is 10.1 Å². The van der Waals surface area contributed by atoms with Crippen LogP contribution in [0.15, 0.2) is 88.8 Å². The summed E-state index contributed by atoms with van der Waals surface area (Å²) in [5, 5.41) is 9.56. The van der Waals surface area contributed by atoms with E-state index in [4.69, 9.17) is 4.18 Å². The van der Waals surface area contributed by atoms with Crippen molar-refractivity contribution in [3.63, 3.8) is 0 Å². The molecule has 5 rings (SSSR count). The van der Waals surface area contributed by atoms with Crippen molar-refractivity contribution in [1.29, 1.82) is 0 Å². The molecule has 8 nitrogen and oxygen atoms in total. The van der Waals surface area contributed by atoms with Gasteiger partial charge in [-0.3, -0.25) is 9.20 Å². The average molecular weight is 493 g/mol. The third-order valence-corrected chi connectivity index (χ3v) is 7.56. The number of nitrogens with zero attached hydrogens (tertiary/aromatic N) is 4. The molecule has 0 bridgehead atoms. The lowest BCUT2D eigenvalue weighted by Gasteiger charge is -2.11. The van der Waals surface area contributed by atoms with E-state index in [1.54, 1.807) is 46.9 Å². The Bertz CT molecular complexity index is 1640. The normalized spacial score (nSPS) is 11.8. The first-order valence-corrected chi connectivity index (χ1v) is 13.1. The largest absolute Gasteiger partial charge is 0.382 e. The quantitative estimate of drug-likeness (QED) is 0.252. The molecule has 0 aliphatic rings. The van der Waals surface area contributed by atoms with Crippen molar-refractivity contribution in [2.45, 2.75) is 12.1 Å². The van der Waals surface area contributed by atoms with Crippen molar-refractivity contribution in [2.75, 3.05) is 11.5 Å². The second-order valence-corrected chi connectivity index (χ2v) is 10.4. The van der Waals surface area contributed by atoms with Crippen molar-refractivity contribution < 1.29 is 12.6 Å². The van der Waals surface area contributed by atoms with Gasteiger partial charge in [-0.05, 0) is 43.3 Å². The SMILES string of the molecule is Cc1ccc(-n2c(=O)c3ccccc3n3c(SCCS(=O)(=O)Oc4ccccc4)nnc23)cc1. The number of hydrogen-bond donors (Lipinski definition) is 0.